The van der Waals surface area contributed by atoms with Crippen molar-refractivity contribution in [1.82, 2.24) is 0 Å². The first-order chi connectivity index (χ1) is 8.34. The van der Waals surface area contributed by atoms with E-state index in [0.29, 0.717) is 0 Å². The van der Waals surface area contributed by atoms with Crippen LogP contribution in [-0.4, -0.2) is 5.71 Å². The lowest BCUT2D eigenvalue weighted by Gasteiger charge is -2.08. The quantitative estimate of drug-likeness (QED) is 0.597. The first kappa shape index (κ1) is 9.17. The van der Waals surface area contributed by atoms with Gasteiger partial charge >= 0.3 is 0 Å². The Balaban J connectivity index is 2.10. The fourth-order valence-corrected chi connectivity index (χ4v) is 2.92. The molecule has 82 valence electrons. The molecule has 2 aliphatic carbocycles. The molecule has 0 heterocycles. The van der Waals surface area contributed by atoms with E-state index in [0.717, 1.165) is 30.5 Å². The summed E-state index contributed by atoms with van der Waals surface area (Å²) in [7, 11) is 0. The molecule has 0 bridgehead atoms. The molecule has 17 heavy (non-hydrogen) atoms. The highest BCUT2D eigenvalue weighted by molar-refractivity contribution is 6.07. The Morgan fingerprint density at radius 1 is 0.824 bits per heavy atom. The van der Waals surface area contributed by atoms with Gasteiger partial charge in [-0.1, -0.05) is 36.4 Å². The summed E-state index contributed by atoms with van der Waals surface area (Å²) in [5, 5.41) is 8.21. The van der Waals surface area contributed by atoms with Gasteiger partial charge in [0.15, 0.2) is 0 Å². The van der Waals surface area contributed by atoms with Crippen LogP contribution in [0.1, 0.15) is 28.7 Å². The van der Waals surface area contributed by atoms with Crippen LogP contribution in [0, 0.1) is 5.41 Å². The average Bonchev–Trinajstić information content (AvgIpc) is 3.14. The lowest BCUT2D eigenvalue weighted by atomic mass is 9.96. The van der Waals surface area contributed by atoms with E-state index in [9.17, 15) is 0 Å². The number of benzene rings is 2. The van der Waals surface area contributed by atoms with Crippen molar-refractivity contribution in [2.45, 2.75) is 19.3 Å². The summed E-state index contributed by atoms with van der Waals surface area (Å²) < 4.78 is 0. The molecule has 2 aliphatic rings. The molecule has 0 unspecified atom stereocenters. The number of nitrogens with one attached hydrogen (secondary N) is 1. The van der Waals surface area contributed by atoms with Crippen LogP contribution >= 0.6 is 0 Å². The van der Waals surface area contributed by atoms with Gasteiger partial charge in [0.1, 0.15) is 0 Å². The van der Waals surface area contributed by atoms with Gasteiger partial charge < -0.3 is 5.41 Å². The van der Waals surface area contributed by atoms with Crippen LogP contribution in [0.4, 0.5) is 0 Å². The van der Waals surface area contributed by atoms with E-state index in [1.54, 1.807) is 0 Å². The molecule has 0 atom stereocenters. The monoisotopic (exact) mass is 219 g/mol. The highest BCUT2D eigenvalue weighted by Crippen LogP contribution is 2.43. The molecule has 2 aromatic rings. The van der Waals surface area contributed by atoms with Gasteiger partial charge in [-0.2, -0.15) is 0 Å². The van der Waals surface area contributed by atoms with Crippen molar-refractivity contribution in [3.8, 4) is 11.1 Å². The van der Waals surface area contributed by atoms with Crippen molar-refractivity contribution in [3.05, 3.63) is 58.7 Å². The van der Waals surface area contributed by atoms with E-state index < -0.39 is 0 Å². The Hall–Kier alpha value is -1.89. The largest absolute Gasteiger partial charge is 0.305 e. The van der Waals surface area contributed by atoms with Gasteiger partial charge in [0.05, 0.1) is 0 Å². The van der Waals surface area contributed by atoms with E-state index >= 15 is 0 Å². The molecule has 0 saturated heterocycles. The van der Waals surface area contributed by atoms with Crippen molar-refractivity contribution >= 4 is 5.71 Å². The molecular formula is C16H13N. The molecule has 0 spiro atoms. The maximum atomic E-state index is 8.21. The zero-order chi connectivity index (χ0) is 11.4. The van der Waals surface area contributed by atoms with Crippen LogP contribution in [0.15, 0.2) is 36.4 Å². The van der Waals surface area contributed by atoms with Crippen molar-refractivity contribution in [1.29, 1.82) is 5.41 Å². The molecule has 4 rings (SSSR count). The van der Waals surface area contributed by atoms with Gasteiger partial charge in [-0.05, 0) is 47.1 Å². The predicted octanol–water partition coefficient (Wildman–Crippen LogP) is 3.57. The van der Waals surface area contributed by atoms with Gasteiger partial charge in [-0.3, -0.25) is 0 Å². The van der Waals surface area contributed by atoms with E-state index in [-0.39, 0.29) is 0 Å². The summed E-state index contributed by atoms with van der Waals surface area (Å²) in [4.78, 5) is 0. The van der Waals surface area contributed by atoms with E-state index in [2.05, 4.69) is 36.4 Å². The smallest absolute Gasteiger partial charge is 0.0395 e. The van der Waals surface area contributed by atoms with E-state index in [4.69, 9.17) is 5.41 Å². The molecule has 2 aromatic carbocycles. The summed E-state index contributed by atoms with van der Waals surface area (Å²) in [6.07, 6.45) is 2.98. The molecule has 1 N–H and O–H groups in total. The highest BCUT2D eigenvalue weighted by atomic mass is 14.4. The van der Waals surface area contributed by atoms with E-state index in [1.807, 2.05) is 0 Å². The fourth-order valence-electron chi connectivity index (χ4n) is 2.92. The maximum absolute atomic E-state index is 8.21. The second kappa shape index (κ2) is 3.07. The second-order valence-electron chi connectivity index (χ2n) is 4.94. The lowest BCUT2D eigenvalue weighted by molar-refractivity contribution is 1.04. The Morgan fingerprint density at radius 2 is 1.71 bits per heavy atom. The van der Waals surface area contributed by atoms with Crippen LogP contribution in [0.5, 0.6) is 0 Å². The first-order valence-electron chi connectivity index (χ1n) is 6.15. The van der Waals surface area contributed by atoms with Crippen molar-refractivity contribution < 1.29 is 0 Å². The van der Waals surface area contributed by atoms with Gasteiger partial charge in [-0.25, -0.2) is 0 Å². The number of fused-ring (bicyclic) bond motifs is 5. The van der Waals surface area contributed by atoms with Crippen LogP contribution in [-0.2, 0) is 12.8 Å². The molecule has 1 nitrogen and oxygen atoms in total. The third-order valence-electron chi connectivity index (χ3n) is 3.91. The molecule has 0 aliphatic heterocycles. The second-order valence-corrected chi connectivity index (χ2v) is 4.94. The lowest BCUT2D eigenvalue weighted by Crippen LogP contribution is -1.98. The summed E-state index contributed by atoms with van der Waals surface area (Å²) in [6, 6.07) is 13.0. The third kappa shape index (κ3) is 1.22. The number of rotatable bonds is 0. The molecule has 0 fully saturated rings. The standard InChI is InChI=1S/C16H13N/c17-15-8-6-10-3-1-2-4-12(10)16-13(15)7-5-11-9-14(11)16/h1-5,7,17H,6,8-9H2. The van der Waals surface area contributed by atoms with Crippen LogP contribution < -0.4 is 0 Å². The third-order valence-corrected chi connectivity index (χ3v) is 3.91. The average molecular weight is 219 g/mol. The molecule has 1 heteroatoms. The minimum absolute atomic E-state index is 0.797. The van der Waals surface area contributed by atoms with E-state index in [1.165, 1.54) is 27.8 Å². The summed E-state index contributed by atoms with van der Waals surface area (Å²) in [5.41, 5.74) is 9.00. The molecular weight excluding hydrogens is 206 g/mol. The van der Waals surface area contributed by atoms with Crippen molar-refractivity contribution in [3.63, 3.8) is 0 Å². The SMILES string of the molecule is N=C1CCc2ccccc2-c2c1ccc1c2C1. The summed E-state index contributed by atoms with van der Waals surface area (Å²) >= 11 is 0. The Bertz CT molecular complexity index is 653. The Morgan fingerprint density at radius 3 is 2.65 bits per heavy atom. The number of hydrogen-bond acceptors (Lipinski definition) is 1. The van der Waals surface area contributed by atoms with Crippen LogP contribution in [0.3, 0.4) is 0 Å². The molecule has 0 aromatic heterocycles. The molecule has 0 amide bonds. The predicted molar refractivity (Wildman–Crippen MR) is 69.8 cm³/mol. The highest BCUT2D eigenvalue weighted by Gasteiger charge is 2.28. The fraction of sp³-hybridized carbons (Fsp3) is 0.188. The van der Waals surface area contributed by atoms with Gasteiger partial charge in [0.2, 0.25) is 0 Å². The van der Waals surface area contributed by atoms with Gasteiger partial charge in [0.25, 0.3) is 0 Å². The Kier molecular flexibility index (Phi) is 1.66. The zero-order valence-electron chi connectivity index (χ0n) is 9.59. The zero-order valence-corrected chi connectivity index (χ0v) is 9.59. The van der Waals surface area contributed by atoms with Crippen LogP contribution in [0.25, 0.3) is 11.1 Å². The maximum Gasteiger partial charge on any atom is 0.0395 e. The topological polar surface area (TPSA) is 23.9 Å². The summed E-state index contributed by atoms with van der Waals surface area (Å²) in [5.74, 6) is 0. The molecule has 0 saturated carbocycles. The van der Waals surface area contributed by atoms with Crippen LogP contribution in [0.2, 0.25) is 0 Å². The minimum Gasteiger partial charge on any atom is -0.305 e. The first-order valence-corrected chi connectivity index (χ1v) is 6.15. The van der Waals surface area contributed by atoms with Gasteiger partial charge in [-0.15, -0.1) is 0 Å². The number of aryl methyl sites for hydroxylation is 1. The molecule has 0 radical (unpaired) electrons. The Labute approximate surface area is 101 Å². The minimum atomic E-state index is 0.797. The summed E-state index contributed by atoms with van der Waals surface area (Å²) in [6.45, 7) is 0. The van der Waals surface area contributed by atoms with Crippen molar-refractivity contribution in [2.24, 2.45) is 0 Å². The van der Waals surface area contributed by atoms with Gasteiger partial charge in [0, 0.05) is 11.3 Å². The normalized spacial score (nSPS) is 15.6. The van der Waals surface area contributed by atoms with Crippen molar-refractivity contribution in [2.75, 3.05) is 0 Å². The number of hydrogen-bond donors (Lipinski definition) is 1.